The summed E-state index contributed by atoms with van der Waals surface area (Å²) in [4.78, 5) is 36.0. The van der Waals surface area contributed by atoms with Crippen molar-refractivity contribution in [2.24, 2.45) is 0 Å². The fraction of sp³-hybridized carbons (Fsp3) is 0.353. The summed E-state index contributed by atoms with van der Waals surface area (Å²) < 4.78 is 0. The summed E-state index contributed by atoms with van der Waals surface area (Å²) in [6.07, 6.45) is 5.48. The molecule has 0 unspecified atom stereocenters. The Labute approximate surface area is 148 Å². The number of nitrogens with zero attached hydrogens (tertiary/aromatic N) is 5. The van der Waals surface area contributed by atoms with E-state index in [9.17, 15) is 4.79 Å². The number of aromatic amines is 1. The molecule has 0 amide bonds. The van der Waals surface area contributed by atoms with Gasteiger partial charge in [-0.2, -0.15) is 0 Å². The van der Waals surface area contributed by atoms with Gasteiger partial charge in [-0.1, -0.05) is 0 Å². The molecule has 0 atom stereocenters. The van der Waals surface area contributed by atoms with Gasteiger partial charge in [-0.3, -0.25) is 9.69 Å². The lowest BCUT2D eigenvalue weighted by molar-refractivity contribution is 0.242. The molecular formula is C17H18N6OS. The second-order valence-corrected chi connectivity index (χ2v) is 7.46. The summed E-state index contributed by atoms with van der Waals surface area (Å²) in [5.41, 5.74) is 3.37. The minimum atomic E-state index is -0.0617. The van der Waals surface area contributed by atoms with Gasteiger partial charge in [0.1, 0.15) is 12.2 Å². The molecule has 0 bridgehead atoms. The van der Waals surface area contributed by atoms with E-state index in [4.69, 9.17) is 0 Å². The van der Waals surface area contributed by atoms with Crippen molar-refractivity contribution in [3.05, 3.63) is 55.9 Å². The van der Waals surface area contributed by atoms with Gasteiger partial charge in [-0.15, -0.1) is 11.3 Å². The molecule has 7 nitrogen and oxygen atoms in total. The van der Waals surface area contributed by atoms with Crippen molar-refractivity contribution in [3.63, 3.8) is 0 Å². The Morgan fingerprint density at radius 3 is 2.76 bits per heavy atom. The highest BCUT2D eigenvalue weighted by atomic mass is 32.1. The first-order valence-corrected chi connectivity index (χ1v) is 8.94. The van der Waals surface area contributed by atoms with Crippen LogP contribution in [0.4, 0.5) is 0 Å². The molecule has 1 N–H and O–H groups in total. The van der Waals surface area contributed by atoms with Crippen LogP contribution in [-0.2, 0) is 19.5 Å². The molecule has 0 spiro atoms. The zero-order valence-corrected chi connectivity index (χ0v) is 14.9. The van der Waals surface area contributed by atoms with Gasteiger partial charge in [0.15, 0.2) is 0 Å². The van der Waals surface area contributed by atoms with Crippen molar-refractivity contribution >= 4 is 11.3 Å². The predicted octanol–water partition coefficient (Wildman–Crippen LogP) is 1.86. The molecule has 4 rings (SSSR count). The summed E-state index contributed by atoms with van der Waals surface area (Å²) in [5, 5.41) is 1.09. The van der Waals surface area contributed by atoms with Gasteiger partial charge in [0.05, 0.1) is 22.0 Å². The van der Waals surface area contributed by atoms with E-state index in [2.05, 4.69) is 29.8 Å². The number of fused-ring (bicyclic) bond motifs is 1. The van der Waals surface area contributed by atoms with Crippen LogP contribution in [0.5, 0.6) is 0 Å². The Balaban J connectivity index is 1.62. The Morgan fingerprint density at radius 1 is 1.24 bits per heavy atom. The standard InChI is InChI=1S/C17H18N6OS/c1-10-15(25-11(2)20-10)8-23-4-3-13-14(7-23)21-16(22-17(13)24)12-5-18-9-19-6-12/h5-6,9H,3-4,7-8H2,1-2H3,(H,21,22,24). The molecule has 0 radical (unpaired) electrons. The van der Waals surface area contributed by atoms with Crippen LogP contribution in [-0.4, -0.2) is 36.4 Å². The van der Waals surface area contributed by atoms with Crippen LogP contribution < -0.4 is 5.56 Å². The van der Waals surface area contributed by atoms with Crippen molar-refractivity contribution in [1.29, 1.82) is 0 Å². The third-order valence-electron chi connectivity index (χ3n) is 4.35. The number of nitrogens with one attached hydrogen (secondary N) is 1. The van der Waals surface area contributed by atoms with Crippen molar-refractivity contribution in [3.8, 4) is 11.4 Å². The van der Waals surface area contributed by atoms with Crippen LogP contribution in [0.2, 0.25) is 0 Å². The smallest absolute Gasteiger partial charge is 0.254 e. The summed E-state index contributed by atoms with van der Waals surface area (Å²) in [7, 11) is 0. The normalized spacial score (nSPS) is 14.5. The third-order valence-corrected chi connectivity index (χ3v) is 5.41. The summed E-state index contributed by atoms with van der Waals surface area (Å²) in [5.74, 6) is 0.524. The van der Waals surface area contributed by atoms with Crippen LogP contribution in [0.1, 0.15) is 26.8 Å². The maximum Gasteiger partial charge on any atom is 0.254 e. The maximum absolute atomic E-state index is 12.4. The molecule has 0 aromatic carbocycles. The summed E-state index contributed by atoms with van der Waals surface area (Å²) >= 11 is 1.73. The van der Waals surface area contributed by atoms with Crippen molar-refractivity contribution in [2.75, 3.05) is 6.54 Å². The molecule has 3 aromatic rings. The Kier molecular flexibility index (Phi) is 4.14. The fourth-order valence-electron chi connectivity index (χ4n) is 3.11. The molecule has 25 heavy (non-hydrogen) atoms. The molecule has 0 saturated heterocycles. The SMILES string of the molecule is Cc1nc(C)c(CN2CCc3c(nc(-c4cncnc4)[nH]c3=O)C2)s1. The van der Waals surface area contributed by atoms with E-state index in [1.807, 2.05) is 13.8 Å². The van der Waals surface area contributed by atoms with E-state index < -0.39 is 0 Å². The van der Waals surface area contributed by atoms with Crippen molar-refractivity contribution in [2.45, 2.75) is 33.4 Å². The van der Waals surface area contributed by atoms with E-state index in [0.717, 1.165) is 35.0 Å². The monoisotopic (exact) mass is 354 g/mol. The van der Waals surface area contributed by atoms with E-state index in [0.29, 0.717) is 24.4 Å². The molecule has 8 heteroatoms. The Hall–Kier alpha value is -2.45. The second kappa shape index (κ2) is 6.45. The van der Waals surface area contributed by atoms with Crippen molar-refractivity contribution in [1.82, 2.24) is 29.8 Å². The number of hydrogen-bond acceptors (Lipinski definition) is 7. The fourth-order valence-corrected chi connectivity index (χ4v) is 4.09. The molecule has 0 saturated carbocycles. The van der Waals surface area contributed by atoms with Gasteiger partial charge < -0.3 is 4.98 Å². The third kappa shape index (κ3) is 3.22. The average molecular weight is 354 g/mol. The van der Waals surface area contributed by atoms with E-state index in [1.54, 1.807) is 23.7 Å². The van der Waals surface area contributed by atoms with Gasteiger partial charge in [-0.25, -0.2) is 19.9 Å². The quantitative estimate of drug-likeness (QED) is 0.772. The molecule has 1 aliphatic heterocycles. The first-order valence-electron chi connectivity index (χ1n) is 8.13. The number of aryl methyl sites for hydroxylation is 2. The first kappa shape index (κ1) is 16.0. The molecule has 0 aliphatic carbocycles. The lowest BCUT2D eigenvalue weighted by Crippen LogP contribution is -2.35. The largest absolute Gasteiger partial charge is 0.306 e. The van der Waals surface area contributed by atoms with Gasteiger partial charge in [0, 0.05) is 42.5 Å². The number of aromatic nitrogens is 5. The molecule has 0 fully saturated rings. The zero-order valence-electron chi connectivity index (χ0n) is 14.1. The van der Waals surface area contributed by atoms with Gasteiger partial charge in [-0.05, 0) is 20.3 Å². The second-order valence-electron chi connectivity index (χ2n) is 6.17. The van der Waals surface area contributed by atoms with Crippen LogP contribution in [0.15, 0.2) is 23.5 Å². The molecule has 128 valence electrons. The van der Waals surface area contributed by atoms with Crippen LogP contribution in [0.3, 0.4) is 0 Å². The summed E-state index contributed by atoms with van der Waals surface area (Å²) in [6, 6.07) is 0. The van der Waals surface area contributed by atoms with Gasteiger partial charge in [0.2, 0.25) is 0 Å². The van der Waals surface area contributed by atoms with Crippen LogP contribution in [0, 0.1) is 13.8 Å². The predicted molar refractivity (Wildman–Crippen MR) is 95.3 cm³/mol. The summed E-state index contributed by atoms with van der Waals surface area (Å²) in [6.45, 7) is 6.43. The number of H-pyrrole nitrogens is 1. The van der Waals surface area contributed by atoms with Crippen molar-refractivity contribution < 1.29 is 0 Å². The van der Waals surface area contributed by atoms with E-state index in [1.165, 1.54) is 11.2 Å². The Morgan fingerprint density at radius 2 is 2.04 bits per heavy atom. The highest BCUT2D eigenvalue weighted by molar-refractivity contribution is 7.11. The maximum atomic E-state index is 12.4. The highest BCUT2D eigenvalue weighted by Gasteiger charge is 2.22. The highest BCUT2D eigenvalue weighted by Crippen LogP contribution is 2.23. The number of thiazole rings is 1. The molecule has 1 aliphatic rings. The van der Waals surface area contributed by atoms with E-state index >= 15 is 0 Å². The van der Waals surface area contributed by atoms with Gasteiger partial charge >= 0.3 is 0 Å². The minimum absolute atomic E-state index is 0.0617. The molecular weight excluding hydrogens is 336 g/mol. The molecule has 3 aromatic heterocycles. The minimum Gasteiger partial charge on any atom is -0.306 e. The van der Waals surface area contributed by atoms with E-state index in [-0.39, 0.29) is 5.56 Å². The topological polar surface area (TPSA) is 87.7 Å². The van der Waals surface area contributed by atoms with Crippen LogP contribution in [0.25, 0.3) is 11.4 Å². The van der Waals surface area contributed by atoms with Gasteiger partial charge in [0.25, 0.3) is 5.56 Å². The number of rotatable bonds is 3. The average Bonchev–Trinajstić information content (AvgIpc) is 2.92. The lowest BCUT2D eigenvalue weighted by atomic mass is 10.1. The number of hydrogen-bond donors (Lipinski definition) is 1. The van der Waals surface area contributed by atoms with Crippen LogP contribution >= 0.6 is 11.3 Å². The molecule has 4 heterocycles. The first-order chi connectivity index (χ1) is 12.1. The zero-order chi connectivity index (χ0) is 17.4. The Bertz CT molecular complexity index is 965. The lowest BCUT2D eigenvalue weighted by Gasteiger charge is -2.27.